The summed E-state index contributed by atoms with van der Waals surface area (Å²) in [5, 5.41) is 0. The summed E-state index contributed by atoms with van der Waals surface area (Å²) in [6.07, 6.45) is 0.425. The summed E-state index contributed by atoms with van der Waals surface area (Å²) < 4.78 is 50.4. The third kappa shape index (κ3) is 9.07. The topological polar surface area (TPSA) is 68.2 Å². The molecule has 6 nitrogen and oxygen atoms in total. The first kappa shape index (κ1) is 32.2. The Morgan fingerprint density at radius 2 is 1.39 bits per heavy atom. The molecule has 0 atom stereocenters. The minimum atomic E-state index is -4.50. The van der Waals surface area contributed by atoms with Gasteiger partial charge >= 0.3 is 18.1 Å². The molecule has 1 fully saturated rings. The number of carbonyl (C=O) groups is 2. The molecule has 0 amide bonds. The number of hydrogen-bond donors (Lipinski definition) is 0. The number of esters is 2. The minimum Gasteiger partial charge on any atom is -0.422 e. The van der Waals surface area contributed by atoms with Crippen molar-refractivity contribution in [1.29, 1.82) is 0 Å². The fourth-order valence-corrected chi connectivity index (χ4v) is 4.62. The molecule has 0 N–H and O–H groups in total. The smallest absolute Gasteiger partial charge is 0.416 e. The number of unbranched alkanes of at least 4 members (excludes halogenated alkanes) is 4. The summed E-state index contributed by atoms with van der Waals surface area (Å²) in [5.74, 6) is -4.44. The fraction of sp³-hybridized carbons (Fsp3) is 0.531. The molecule has 9 heteroatoms. The number of halogens is 3. The van der Waals surface area contributed by atoms with Crippen molar-refractivity contribution < 1.29 is 32.2 Å². The van der Waals surface area contributed by atoms with Gasteiger partial charge in [-0.2, -0.15) is 13.2 Å². The first-order valence-corrected chi connectivity index (χ1v) is 14.2. The summed E-state index contributed by atoms with van der Waals surface area (Å²) in [6.45, 7) is 12.2. The molecule has 224 valence electrons. The quantitative estimate of drug-likeness (QED) is 0.0947. The molecule has 1 aliphatic rings. The average molecular weight is 575 g/mol. The Bertz CT molecular complexity index is 1190. The van der Waals surface area contributed by atoms with E-state index in [1.807, 2.05) is 29.2 Å². The molecule has 1 heterocycles. The van der Waals surface area contributed by atoms with Gasteiger partial charge in [0, 0.05) is 26.9 Å². The molecule has 2 aromatic rings. The molecule has 1 aliphatic heterocycles. The van der Waals surface area contributed by atoms with Gasteiger partial charge in [-0.3, -0.25) is 9.59 Å². The number of aliphatic imine (C=N–C) groups is 1. The maximum Gasteiger partial charge on any atom is 0.416 e. The van der Waals surface area contributed by atoms with E-state index in [0.29, 0.717) is 13.1 Å². The standard InChI is InChI=1S/C32H41F3N2O4/c1-7-8-9-10-11-20-37(21-22-12-14-23(15-13-22)30(2,3)4)27(26-28(38)40-31(5,6)41-29(26)39)36-25-18-16-24(17-19-25)32(33,34)35/h12-19,26H,7-11,20-21H2,1-6H3. The van der Waals surface area contributed by atoms with E-state index in [9.17, 15) is 22.8 Å². The van der Waals surface area contributed by atoms with Gasteiger partial charge in [0.25, 0.3) is 5.79 Å². The second kappa shape index (κ2) is 13.1. The summed E-state index contributed by atoms with van der Waals surface area (Å²) in [6, 6.07) is 12.4. The van der Waals surface area contributed by atoms with E-state index in [0.717, 1.165) is 55.4 Å². The number of nitrogens with zero attached hydrogens (tertiary/aromatic N) is 2. The molecule has 0 bridgehead atoms. The van der Waals surface area contributed by atoms with Crippen LogP contribution >= 0.6 is 0 Å². The molecule has 0 unspecified atom stereocenters. The average Bonchev–Trinajstić information content (AvgIpc) is 2.86. The molecular formula is C32H41F3N2O4. The van der Waals surface area contributed by atoms with Gasteiger partial charge in [-0.15, -0.1) is 0 Å². The summed E-state index contributed by atoms with van der Waals surface area (Å²) in [5.41, 5.74) is 1.42. The first-order valence-electron chi connectivity index (χ1n) is 14.2. The van der Waals surface area contributed by atoms with Crippen molar-refractivity contribution in [3.63, 3.8) is 0 Å². The largest absolute Gasteiger partial charge is 0.422 e. The number of benzene rings is 2. The summed E-state index contributed by atoms with van der Waals surface area (Å²) in [7, 11) is 0. The number of alkyl halides is 3. The van der Waals surface area contributed by atoms with Crippen LogP contribution in [0.2, 0.25) is 0 Å². The third-order valence-corrected chi connectivity index (χ3v) is 6.91. The van der Waals surface area contributed by atoms with Gasteiger partial charge in [0.1, 0.15) is 5.84 Å². The van der Waals surface area contributed by atoms with E-state index in [1.165, 1.54) is 26.0 Å². The highest BCUT2D eigenvalue weighted by Gasteiger charge is 2.47. The maximum atomic E-state index is 13.2. The van der Waals surface area contributed by atoms with Gasteiger partial charge in [0.05, 0.1) is 11.3 Å². The van der Waals surface area contributed by atoms with Gasteiger partial charge < -0.3 is 14.4 Å². The first-order chi connectivity index (χ1) is 19.1. The number of hydrogen-bond acceptors (Lipinski definition) is 5. The van der Waals surface area contributed by atoms with E-state index in [2.05, 4.69) is 32.7 Å². The Morgan fingerprint density at radius 3 is 1.90 bits per heavy atom. The summed E-state index contributed by atoms with van der Waals surface area (Å²) >= 11 is 0. The Morgan fingerprint density at radius 1 is 0.854 bits per heavy atom. The number of amidine groups is 1. The third-order valence-electron chi connectivity index (χ3n) is 6.91. The molecule has 41 heavy (non-hydrogen) atoms. The van der Waals surface area contributed by atoms with Gasteiger partial charge in [0.15, 0.2) is 0 Å². The fourth-order valence-electron chi connectivity index (χ4n) is 4.62. The lowest BCUT2D eigenvalue weighted by molar-refractivity contribution is -0.236. The highest BCUT2D eigenvalue weighted by molar-refractivity contribution is 6.17. The van der Waals surface area contributed by atoms with Crippen molar-refractivity contribution >= 4 is 23.5 Å². The lowest BCUT2D eigenvalue weighted by atomic mass is 9.86. The van der Waals surface area contributed by atoms with Crippen molar-refractivity contribution in [2.24, 2.45) is 10.9 Å². The van der Waals surface area contributed by atoms with Gasteiger partial charge in [-0.25, -0.2) is 4.99 Å². The SMILES string of the molecule is CCCCCCCN(Cc1ccc(C(C)(C)C)cc1)C(=Nc1ccc(C(F)(F)F)cc1)C1C(=O)OC(C)(C)OC1=O. The molecule has 0 spiro atoms. The molecule has 0 saturated carbocycles. The van der Waals surface area contributed by atoms with E-state index < -0.39 is 35.4 Å². The minimum absolute atomic E-state index is 0.0326. The predicted molar refractivity (Wildman–Crippen MR) is 153 cm³/mol. The van der Waals surface area contributed by atoms with Crippen LogP contribution in [0.15, 0.2) is 53.5 Å². The zero-order chi connectivity index (χ0) is 30.4. The van der Waals surface area contributed by atoms with Crippen LogP contribution in [0.3, 0.4) is 0 Å². The van der Waals surface area contributed by atoms with Crippen LogP contribution in [-0.4, -0.2) is 35.0 Å². The Kier molecular flexibility index (Phi) is 10.3. The van der Waals surface area contributed by atoms with Crippen LogP contribution in [0.25, 0.3) is 0 Å². The number of ether oxygens (including phenoxy) is 2. The van der Waals surface area contributed by atoms with Crippen molar-refractivity contribution in [2.75, 3.05) is 6.54 Å². The zero-order valence-corrected chi connectivity index (χ0v) is 24.8. The normalized spacial score (nSPS) is 16.4. The molecule has 0 aliphatic carbocycles. The van der Waals surface area contributed by atoms with Gasteiger partial charge in [-0.05, 0) is 47.2 Å². The number of rotatable bonds is 10. The summed E-state index contributed by atoms with van der Waals surface area (Å²) in [4.78, 5) is 32.8. The zero-order valence-electron chi connectivity index (χ0n) is 24.8. The Balaban J connectivity index is 2.05. The Hall–Kier alpha value is -3.36. The van der Waals surface area contributed by atoms with Crippen LogP contribution in [0, 0.1) is 5.92 Å². The highest BCUT2D eigenvalue weighted by Crippen LogP contribution is 2.32. The van der Waals surface area contributed by atoms with E-state index in [1.54, 1.807) is 0 Å². The van der Waals surface area contributed by atoms with Gasteiger partial charge in [-0.1, -0.05) is 77.6 Å². The molecule has 0 radical (unpaired) electrons. The van der Waals surface area contributed by atoms with Crippen molar-refractivity contribution in [1.82, 2.24) is 4.90 Å². The van der Waals surface area contributed by atoms with E-state index >= 15 is 0 Å². The van der Waals surface area contributed by atoms with E-state index in [4.69, 9.17) is 9.47 Å². The van der Waals surface area contributed by atoms with Crippen molar-refractivity contribution in [2.45, 2.75) is 97.6 Å². The maximum absolute atomic E-state index is 13.2. The van der Waals surface area contributed by atoms with Crippen molar-refractivity contribution in [3.05, 3.63) is 65.2 Å². The Labute approximate surface area is 240 Å². The van der Waals surface area contributed by atoms with Gasteiger partial charge in [0.2, 0.25) is 5.92 Å². The monoisotopic (exact) mass is 574 g/mol. The highest BCUT2D eigenvalue weighted by atomic mass is 19.4. The van der Waals surface area contributed by atoms with Crippen LogP contribution in [0.5, 0.6) is 0 Å². The number of cyclic esters (lactones) is 2. The van der Waals surface area contributed by atoms with Crippen LogP contribution in [0.1, 0.15) is 90.3 Å². The molecule has 3 rings (SSSR count). The van der Waals surface area contributed by atoms with Crippen LogP contribution < -0.4 is 0 Å². The van der Waals surface area contributed by atoms with Crippen molar-refractivity contribution in [3.8, 4) is 0 Å². The lowest BCUT2D eigenvalue weighted by Gasteiger charge is -2.36. The second-order valence-electron chi connectivity index (χ2n) is 12.0. The lowest BCUT2D eigenvalue weighted by Crippen LogP contribution is -2.52. The number of carbonyl (C=O) groups excluding carboxylic acids is 2. The molecular weight excluding hydrogens is 533 g/mol. The predicted octanol–water partition coefficient (Wildman–Crippen LogP) is 7.96. The van der Waals surface area contributed by atoms with Crippen LogP contribution in [-0.2, 0) is 37.2 Å². The molecule has 2 aromatic carbocycles. The van der Waals surface area contributed by atoms with E-state index in [-0.39, 0.29) is 16.9 Å². The van der Waals surface area contributed by atoms with Crippen LogP contribution in [0.4, 0.5) is 18.9 Å². The molecule has 0 aromatic heterocycles. The molecule has 1 saturated heterocycles. The second-order valence-corrected chi connectivity index (χ2v) is 12.0.